The quantitative estimate of drug-likeness (QED) is 0.431. The molecule has 0 saturated carbocycles. The van der Waals surface area contributed by atoms with Crippen molar-refractivity contribution in [2.75, 3.05) is 0 Å². The van der Waals surface area contributed by atoms with E-state index in [1.165, 1.54) is 12.6 Å². The molecule has 1 rings (SSSR count). The first kappa shape index (κ1) is 5.61. The van der Waals surface area contributed by atoms with Crippen molar-refractivity contribution < 1.29 is 0 Å². The lowest BCUT2D eigenvalue weighted by molar-refractivity contribution is 1.41. The molecule has 0 aromatic rings. The van der Waals surface area contributed by atoms with Crippen molar-refractivity contribution in [3.63, 3.8) is 0 Å². The minimum atomic E-state index is 0.940. The molecule has 0 aliphatic carbocycles. The zero-order chi connectivity index (χ0) is 5.28. The van der Waals surface area contributed by atoms with E-state index in [2.05, 4.69) is 25.1 Å². The van der Waals surface area contributed by atoms with Gasteiger partial charge in [-0.1, -0.05) is 26.3 Å². The molecule has 0 amide bonds. The van der Waals surface area contributed by atoms with E-state index in [0.717, 1.165) is 12.0 Å². The topological polar surface area (TPSA) is 0 Å². The van der Waals surface area contributed by atoms with Crippen LogP contribution in [0.15, 0.2) is 0 Å². The van der Waals surface area contributed by atoms with Gasteiger partial charge >= 0.3 is 0 Å². The minimum Gasteiger partial charge on any atom is -0.254 e. The zero-order valence-electron chi connectivity index (χ0n) is 4.98. The van der Waals surface area contributed by atoms with Crippen LogP contribution in [0.25, 0.3) is 0 Å². The molecule has 1 saturated heterocycles. The Morgan fingerprint density at radius 1 is 1.14 bits per heavy atom. The van der Waals surface area contributed by atoms with Crippen LogP contribution in [-0.2, 0) is 0 Å². The zero-order valence-corrected chi connectivity index (χ0v) is 5.79. The summed E-state index contributed by atoms with van der Waals surface area (Å²) in [6.45, 7) is 4.63. The molecular weight excluding hydrogens is 102 g/mol. The van der Waals surface area contributed by atoms with Crippen LogP contribution in [0.4, 0.5) is 0 Å². The lowest BCUT2D eigenvalue weighted by atomic mass is 9.65. The number of rotatable bonds is 0. The van der Waals surface area contributed by atoms with E-state index in [9.17, 15) is 0 Å². The molecule has 7 heavy (non-hydrogen) atoms. The summed E-state index contributed by atoms with van der Waals surface area (Å²) in [5, 5.41) is 0. The Labute approximate surface area is 50.4 Å². The fraction of sp³-hybridized carbons (Fsp3) is 1.00. The first-order valence-corrected chi connectivity index (χ1v) is 3.89. The lowest BCUT2D eigenvalue weighted by Crippen LogP contribution is -1.94. The Morgan fingerprint density at radius 3 is 1.71 bits per heavy atom. The van der Waals surface area contributed by atoms with Crippen LogP contribution in [-0.4, -0.2) is 12.0 Å². The van der Waals surface area contributed by atoms with Crippen molar-refractivity contribution in [1.29, 1.82) is 0 Å². The Kier molecular flexibility index (Phi) is 1.74. The third kappa shape index (κ3) is 1.45. The van der Waals surface area contributed by atoms with Gasteiger partial charge in [0.05, 0.1) is 0 Å². The first-order chi connectivity index (χ1) is 3.29. The van der Waals surface area contributed by atoms with Crippen molar-refractivity contribution >= 4 is 23.4 Å². The van der Waals surface area contributed by atoms with Gasteiger partial charge in [-0.05, 0) is 0 Å². The van der Waals surface area contributed by atoms with E-state index < -0.39 is 0 Å². The van der Waals surface area contributed by atoms with Crippen LogP contribution in [0.2, 0.25) is 26.3 Å². The van der Waals surface area contributed by atoms with Crippen LogP contribution in [0.5, 0.6) is 0 Å². The normalized spacial score (nSPS) is 21.4. The van der Waals surface area contributed by atoms with E-state index in [-0.39, 0.29) is 0 Å². The van der Waals surface area contributed by atoms with Gasteiger partial charge in [0.25, 0.3) is 0 Å². The number of hydrogen-bond acceptors (Lipinski definition) is 1. The molecule has 0 N–H and O–H groups in total. The van der Waals surface area contributed by atoms with Gasteiger partial charge in [0.2, 0.25) is 0 Å². The first-order valence-electron chi connectivity index (χ1n) is 2.94. The van der Waals surface area contributed by atoms with Crippen molar-refractivity contribution in [3.8, 4) is 0 Å². The molecular formula is C4H10B2S. The van der Waals surface area contributed by atoms with E-state index in [1.54, 1.807) is 0 Å². The lowest BCUT2D eigenvalue weighted by Gasteiger charge is -1.91. The fourth-order valence-electron chi connectivity index (χ4n) is 1.00. The maximum absolute atomic E-state index is 2.31. The van der Waals surface area contributed by atoms with Gasteiger partial charge in [-0.2, -0.15) is 0 Å². The van der Waals surface area contributed by atoms with Gasteiger partial charge in [0.1, 0.15) is 0 Å². The van der Waals surface area contributed by atoms with Crippen LogP contribution in [0.3, 0.4) is 0 Å². The third-order valence-corrected chi connectivity index (χ3v) is 2.84. The van der Waals surface area contributed by atoms with Crippen LogP contribution in [0, 0.1) is 0 Å². The van der Waals surface area contributed by atoms with Gasteiger partial charge < -0.3 is 0 Å². The molecule has 3 heteroatoms. The summed E-state index contributed by atoms with van der Waals surface area (Å²) in [4.78, 5) is 0. The van der Waals surface area contributed by atoms with Crippen molar-refractivity contribution in [3.05, 3.63) is 0 Å². The highest BCUT2D eigenvalue weighted by Crippen LogP contribution is 2.28. The molecule has 1 heterocycles. The summed E-state index contributed by atoms with van der Waals surface area (Å²) >= 11 is 2.12. The second-order valence-corrected chi connectivity index (χ2v) is 4.22. The van der Waals surface area contributed by atoms with E-state index in [4.69, 9.17) is 0 Å². The summed E-state index contributed by atoms with van der Waals surface area (Å²) in [5.41, 5.74) is 0. The molecule has 1 fully saturated rings. The second kappa shape index (κ2) is 2.17. The van der Waals surface area contributed by atoms with Gasteiger partial charge in [0, 0.05) is 0 Å². The second-order valence-electron chi connectivity index (χ2n) is 2.33. The molecule has 0 unspecified atom stereocenters. The molecule has 1 aliphatic heterocycles. The van der Waals surface area contributed by atoms with Crippen LogP contribution < -0.4 is 0 Å². The maximum Gasteiger partial charge on any atom is 0.192 e. The van der Waals surface area contributed by atoms with E-state index in [0.29, 0.717) is 0 Å². The average Bonchev–Trinajstić information content (AvgIpc) is 1.87. The van der Waals surface area contributed by atoms with Gasteiger partial charge in [-0.25, -0.2) is 0 Å². The maximum atomic E-state index is 2.31. The van der Waals surface area contributed by atoms with Crippen LogP contribution in [0.1, 0.15) is 0 Å². The molecule has 0 aromatic carbocycles. The molecule has 0 nitrogen and oxygen atoms in total. The highest BCUT2D eigenvalue weighted by molar-refractivity contribution is 8.46. The molecule has 0 spiro atoms. The molecule has 0 aromatic heterocycles. The standard InChI is InChI=1S/C4H10B2S/c1-5-3-4-6(2)7-5/h3-4H2,1-2H3. The highest BCUT2D eigenvalue weighted by Gasteiger charge is 2.22. The predicted octanol–water partition coefficient (Wildman–Crippen LogP) is 1.98. The SMILES string of the molecule is CB1CCB(C)S1. The van der Waals surface area contributed by atoms with Crippen LogP contribution >= 0.6 is 11.5 Å². The van der Waals surface area contributed by atoms with Gasteiger partial charge in [-0.3, -0.25) is 11.5 Å². The van der Waals surface area contributed by atoms with Crippen molar-refractivity contribution in [1.82, 2.24) is 0 Å². The smallest absolute Gasteiger partial charge is 0.192 e. The van der Waals surface area contributed by atoms with Gasteiger partial charge in [-0.15, -0.1) is 0 Å². The minimum absolute atomic E-state index is 0.940. The number of hydrogen-bond donors (Lipinski definition) is 0. The molecule has 38 valence electrons. The van der Waals surface area contributed by atoms with Crippen molar-refractivity contribution in [2.45, 2.75) is 26.3 Å². The third-order valence-electron chi connectivity index (χ3n) is 1.44. The summed E-state index contributed by atoms with van der Waals surface area (Å²) in [6.07, 6.45) is 2.87. The Hall–Kier alpha value is 0.480. The summed E-state index contributed by atoms with van der Waals surface area (Å²) in [5.74, 6) is 1.88. The molecule has 1 aliphatic rings. The summed E-state index contributed by atoms with van der Waals surface area (Å²) in [6, 6.07) is 0. The monoisotopic (exact) mass is 112 g/mol. The summed E-state index contributed by atoms with van der Waals surface area (Å²) < 4.78 is 0. The van der Waals surface area contributed by atoms with Gasteiger partial charge in [0.15, 0.2) is 12.0 Å². The van der Waals surface area contributed by atoms with E-state index in [1.807, 2.05) is 0 Å². The Balaban J connectivity index is 2.26. The Bertz CT molecular complexity index is 58.7. The molecule has 0 atom stereocenters. The van der Waals surface area contributed by atoms with Crippen molar-refractivity contribution in [2.24, 2.45) is 0 Å². The molecule has 0 bridgehead atoms. The Morgan fingerprint density at radius 2 is 1.57 bits per heavy atom. The van der Waals surface area contributed by atoms with E-state index >= 15 is 0 Å². The highest BCUT2D eigenvalue weighted by atomic mass is 32.2. The fourth-order valence-corrected chi connectivity index (χ4v) is 2.34. The summed E-state index contributed by atoms with van der Waals surface area (Å²) in [7, 11) is 0. The predicted molar refractivity (Wildman–Crippen MR) is 40.4 cm³/mol. The molecule has 0 radical (unpaired) electrons. The largest absolute Gasteiger partial charge is 0.254 e. The average molecular weight is 112 g/mol.